The summed E-state index contributed by atoms with van der Waals surface area (Å²) in [5.41, 5.74) is 1.58. The lowest BCUT2D eigenvalue weighted by atomic mass is 9.96. The van der Waals surface area contributed by atoms with Crippen LogP contribution in [0.2, 0.25) is 0 Å². The fraction of sp³-hybridized carbons (Fsp3) is 0.600. The van der Waals surface area contributed by atoms with Crippen LogP contribution in [0.15, 0.2) is 24.3 Å². The molecule has 0 saturated carbocycles. The molecule has 1 atom stereocenters. The first kappa shape index (κ1) is 12.4. The van der Waals surface area contributed by atoms with E-state index in [1.807, 2.05) is 6.07 Å². The fourth-order valence-electron chi connectivity index (χ4n) is 2.51. The molecule has 2 nitrogen and oxygen atoms in total. The average Bonchev–Trinajstić information content (AvgIpc) is 2.70. The quantitative estimate of drug-likeness (QED) is 0.842. The number of nitrogens with one attached hydrogen (secondary N) is 1. The maximum Gasteiger partial charge on any atom is 0.122 e. The van der Waals surface area contributed by atoms with Crippen LogP contribution in [0.1, 0.15) is 45.1 Å². The van der Waals surface area contributed by atoms with Crippen LogP contribution in [-0.2, 0) is 0 Å². The molecule has 1 aromatic rings. The van der Waals surface area contributed by atoms with E-state index in [9.17, 15) is 0 Å². The molecule has 0 aromatic heterocycles. The normalized spacial score (nSPS) is 18.9. The monoisotopic (exact) mass is 233 g/mol. The molecule has 1 heterocycles. The molecule has 0 saturated heterocycles. The summed E-state index contributed by atoms with van der Waals surface area (Å²) in [7, 11) is 0. The molecule has 1 unspecified atom stereocenters. The van der Waals surface area contributed by atoms with Crippen molar-refractivity contribution in [2.24, 2.45) is 0 Å². The Morgan fingerprint density at radius 2 is 2.12 bits per heavy atom. The third-order valence-corrected chi connectivity index (χ3v) is 3.50. The van der Waals surface area contributed by atoms with Gasteiger partial charge in [0.05, 0.1) is 6.61 Å². The van der Waals surface area contributed by atoms with Gasteiger partial charge in [0, 0.05) is 23.6 Å². The second kappa shape index (κ2) is 5.09. The summed E-state index contributed by atoms with van der Waals surface area (Å²) in [4.78, 5) is 0. The highest BCUT2D eigenvalue weighted by molar-refractivity contribution is 5.39. The van der Waals surface area contributed by atoms with Crippen LogP contribution in [0.4, 0.5) is 0 Å². The predicted molar refractivity (Wildman–Crippen MR) is 71.7 cm³/mol. The summed E-state index contributed by atoms with van der Waals surface area (Å²) >= 11 is 0. The second-order valence-corrected chi connectivity index (χ2v) is 5.56. The molecule has 17 heavy (non-hydrogen) atoms. The molecule has 0 spiro atoms. The number of fused-ring (bicyclic) bond motifs is 1. The zero-order valence-electron chi connectivity index (χ0n) is 11.1. The molecule has 0 amide bonds. The van der Waals surface area contributed by atoms with E-state index in [1.165, 1.54) is 18.4 Å². The third-order valence-electron chi connectivity index (χ3n) is 3.50. The molecule has 1 N–H and O–H groups in total. The van der Waals surface area contributed by atoms with Crippen LogP contribution in [0.25, 0.3) is 0 Å². The Kier molecular flexibility index (Phi) is 3.72. The van der Waals surface area contributed by atoms with Crippen molar-refractivity contribution in [2.45, 2.75) is 45.1 Å². The van der Waals surface area contributed by atoms with Gasteiger partial charge >= 0.3 is 0 Å². The van der Waals surface area contributed by atoms with Crippen LogP contribution in [0.5, 0.6) is 5.75 Å². The number of benzene rings is 1. The largest absolute Gasteiger partial charge is 0.493 e. The summed E-state index contributed by atoms with van der Waals surface area (Å²) in [5.74, 6) is 1.56. The Morgan fingerprint density at radius 3 is 2.88 bits per heavy atom. The summed E-state index contributed by atoms with van der Waals surface area (Å²) < 4.78 is 5.70. The summed E-state index contributed by atoms with van der Waals surface area (Å²) in [6.45, 7) is 8.60. The van der Waals surface area contributed by atoms with E-state index < -0.39 is 0 Å². The van der Waals surface area contributed by atoms with Gasteiger partial charge in [0.2, 0.25) is 0 Å². The van der Waals surface area contributed by atoms with Crippen molar-refractivity contribution in [3.05, 3.63) is 29.8 Å². The van der Waals surface area contributed by atoms with E-state index >= 15 is 0 Å². The van der Waals surface area contributed by atoms with E-state index in [0.29, 0.717) is 5.92 Å². The molecule has 0 radical (unpaired) electrons. The van der Waals surface area contributed by atoms with Crippen LogP contribution in [0.3, 0.4) is 0 Å². The van der Waals surface area contributed by atoms with Gasteiger partial charge in [-0.15, -0.1) is 0 Å². The van der Waals surface area contributed by atoms with Gasteiger partial charge < -0.3 is 10.1 Å². The van der Waals surface area contributed by atoms with E-state index in [1.54, 1.807) is 0 Å². The fourth-order valence-corrected chi connectivity index (χ4v) is 2.51. The molecule has 2 heteroatoms. The molecule has 0 fully saturated rings. The Labute approximate surface area is 104 Å². The minimum absolute atomic E-state index is 0.228. The molecule has 94 valence electrons. The van der Waals surface area contributed by atoms with Gasteiger partial charge in [0.25, 0.3) is 0 Å². The minimum Gasteiger partial charge on any atom is -0.493 e. The van der Waals surface area contributed by atoms with Crippen molar-refractivity contribution in [3.8, 4) is 5.75 Å². The molecular weight excluding hydrogens is 210 g/mol. The summed E-state index contributed by atoms with van der Waals surface area (Å²) in [5, 5.41) is 3.66. The molecule has 2 rings (SSSR count). The number of para-hydroxylation sites is 1. The average molecular weight is 233 g/mol. The Hall–Kier alpha value is -1.02. The lowest BCUT2D eigenvalue weighted by Crippen LogP contribution is -2.41. The van der Waals surface area contributed by atoms with Gasteiger partial charge in [-0.25, -0.2) is 0 Å². The first-order valence-corrected chi connectivity index (χ1v) is 6.59. The highest BCUT2D eigenvalue weighted by Crippen LogP contribution is 2.33. The van der Waals surface area contributed by atoms with E-state index in [2.05, 4.69) is 44.3 Å². The van der Waals surface area contributed by atoms with Crippen LogP contribution in [-0.4, -0.2) is 18.7 Å². The highest BCUT2D eigenvalue weighted by atomic mass is 16.5. The lowest BCUT2D eigenvalue weighted by Gasteiger charge is -2.27. The maximum atomic E-state index is 5.70. The van der Waals surface area contributed by atoms with Gasteiger partial charge in [-0.3, -0.25) is 0 Å². The van der Waals surface area contributed by atoms with Crippen molar-refractivity contribution in [3.63, 3.8) is 0 Å². The Balaban J connectivity index is 1.94. The molecule has 1 aromatic carbocycles. The standard InChI is InChI=1S/C15H23NO/c1-4-9-15(2,3)16-10-12-11-17-14-8-6-5-7-13(12)14/h5-8,12,16H,4,9-11H2,1-3H3. The molecule has 0 bridgehead atoms. The minimum atomic E-state index is 0.228. The summed E-state index contributed by atoms with van der Waals surface area (Å²) in [6, 6.07) is 8.38. The first-order chi connectivity index (χ1) is 8.12. The molecule has 1 aliphatic heterocycles. The van der Waals surface area contributed by atoms with Gasteiger partial charge in [-0.2, -0.15) is 0 Å². The zero-order valence-corrected chi connectivity index (χ0v) is 11.1. The second-order valence-electron chi connectivity index (χ2n) is 5.56. The first-order valence-electron chi connectivity index (χ1n) is 6.59. The number of hydrogen-bond acceptors (Lipinski definition) is 2. The van der Waals surface area contributed by atoms with Crippen molar-refractivity contribution in [1.29, 1.82) is 0 Å². The van der Waals surface area contributed by atoms with Crippen molar-refractivity contribution >= 4 is 0 Å². The topological polar surface area (TPSA) is 21.3 Å². The maximum absolute atomic E-state index is 5.70. The van der Waals surface area contributed by atoms with Crippen LogP contribution < -0.4 is 10.1 Å². The van der Waals surface area contributed by atoms with Crippen molar-refractivity contribution < 1.29 is 4.74 Å². The van der Waals surface area contributed by atoms with Crippen molar-refractivity contribution in [2.75, 3.05) is 13.2 Å². The Morgan fingerprint density at radius 1 is 1.35 bits per heavy atom. The smallest absolute Gasteiger partial charge is 0.122 e. The zero-order chi connectivity index (χ0) is 12.3. The van der Waals surface area contributed by atoms with E-state index in [4.69, 9.17) is 4.74 Å². The third kappa shape index (κ3) is 3.01. The SMILES string of the molecule is CCCC(C)(C)NCC1COc2ccccc21. The van der Waals surface area contributed by atoms with Crippen LogP contribution >= 0.6 is 0 Å². The van der Waals surface area contributed by atoms with E-state index in [0.717, 1.165) is 18.9 Å². The van der Waals surface area contributed by atoms with Crippen LogP contribution in [0, 0.1) is 0 Å². The van der Waals surface area contributed by atoms with Gasteiger partial charge in [-0.1, -0.05) is 31.5 Å². The highest BCUT2D eigenvalue weighted by Gasteiger charge is 2.25. The molecular formula is C15H23NO. The van der Waals surface area contributed by atoms with E-state index in [-0.39, 0.29) is 5.54 Å². The van der Waals surface area contributed by atoms with Gasteiger partial charge in [0.1, 0.15) is 5.75 Å². The number of hydrogen-bond donors (Lipinski definition) is 1. The number of ether oxygens (including phenoxy) is 1. The predicted octanol–water partition coefficient (Wildman–Crippen LogP) is 3.33. The molecule has 0 aliphatic carbocycles. The lowest BCUT2D eigenvalue weighted by molar-refractivity contribution is 0.299. The van der Waals surface area contributed by atoms with Gasteiger partial charge in [-0.05, 0) is 26.3 Å². The Bertz CT molecular complexity index is 373. The van der Waals surface area contributed by atoms with Crippen molar-refractivity contribution in [1.82, 2.24) is 5.32 Å². The summed E-state index contributed by atoms with van der Waals surface area (Å²) in [6.07, 6.45) is 2.43. The van der Waals surface area contributed by atoms with Gasteiger partial charge in [0.15, 0.2) is 0 Å². The number of rotatable bonds is 5. The molecule has 1 aliphatic rings.